The maximum absolute atomic E-state index is 13.4. The molecule has 1 aliphatic carbocycles. The third-order valence-corrected chi connectivity index (χ3v) is 10.9. The van der Waals surface area contributed by atoms with E-state index in [0.717, 1.165) is 18.1 Å². The Labute approximate surface area is 225 Å². The summed E-state index contributed by atoms with van der Waals surface area (Å²) in [6, 6.07) is 12.2. The van der Waals surface area contributed by atoms with Gasteiger partial charge in [-0.25, -0.2) is 16.8 Å². The number of fused-ring (bicyclic) bond motifs is 1. The van der Waals surface area contributed by atoms with Crippen LogP contribution in [-0.2, 0) is 35.7 Å². The van der Waals surface area contributed by atoms with Gasteiger partial charge in [-0.3, -0.25) is 14.5 Å². The summed E-state index contributed by atoms with van der Waals surface area (Å²) in [6.45, 7) is 0.104. The fourth-order valence-corrected chi connectivity index (χ4v) is 8.43. The average Bonchev–Trinajstić information content (AvgIpc) is 3.59. The zero-order valence-electron chi connectivity index (χ0n) is 21.2. The maximum Gasteiger partial charge on any atom is 0.379 e. The number of carbonyl (C=O) groups excluding carboxylic acids is 1. The smallest absolute Gasteiger partial charge is 0.379 e. The van der Waals surface area contributed by atoms with Crippen LogP contribution in [0.2, 0.25) is 0 Å². The molecule has 2 aliphatic rings. The van der Waals surface area contributed by atoms with Gasteiger partial charge in [-0.2, -0.15) is 5.10 Å². The van der Waals surface area contributed by atoms with Crippen molar-refractivity contribution in [1.82, 2.24) is 14.8 Å². The molecule has 0 radical (unpaired) electrons. The van der Waals surface area contributed by atoms with E-state index in [0.29, 0.717) is 12.2 Å². The molecular formula is C25H28N4O8S2. The molecule has 1 saturated heterocycles. The topological polar surface area (TPSA) is 167 Å². The summed E-state index contributed by atoms with van der Waals surface area (Å²) in [5.41, 5.74) is 1.81. The number of nitrogens with zero attached hydrogens (tertiary/aromatic N) is 3. The van der Waals surface area contributed by atoms with Crippen LogP contribution in [0, 0.1) is 5.92 Å². The normalized spacial score (nSPS) is 24.4. The van der Waals surface area contributed by atoms with E-state index >= 15 is 0 Å². The fraction of sp³-hybridized carbons (Fsp3) is 0.400. The minimum Gasteiger partial charge on any atom is -0.396 e. The van der Waals surface area contributed by atoms with E-state index in [1.807, 2.05) is 30.3 Å². The van der Waals surface area contributed by atoms with Crippen LogP contribution in [0.15, 0.2) is 61.1 Å². The van der Waals surface area contributed by atoms with Crippen molar-refractivity contribution in [1.29, 1.82) is 0 Å². The van der Waals surface area contributed by atoms with Gasteiger partial charge in [-0.1, -0.05) is 30.3 Å². The first-order chi connectivity index (χ1) is 18.4. The largest absolute Gasteiger partial charge is 0.396 e. The highest BCUT2D eigenvalue weighted by Crippen LogP contribution is 2.47. The molecule has 39 heavy (non-hydrogen) atoms. The van der Waals surface area contributed by atoms with Gasteiger partial charge in [0.05, 0.1) is 24.3 Å². The SMILES string of the molecule is CS(=O)(=O)C1(S(C)(=O)=O)O[C@@H]2[C@@H](CO)C[C@@H](Nc3ccncc3C(=O)c3ccn(Cc4ccccc4)n3)[C@@H]2O1. The van der Waals surface area contributed by atoms with Gasteiger partial charge in [0.2, 0.25) is 25.5 Å². The Balaban J connectivity index is 1.40. The number of anilines is 1. The average molecular weight is 577 g/mol. The summed E-state index contributed by atoms with van der Waals surface area (Å²) in [6.07, 6.45) is 4.25. The predicted molar refractivity (Wildman–Crippen MR) is 140 cm³/mol. The van der Waals surface area contributed by atoms with Crippen LogP contribution in [-0.4, -0.2) is 84.3 Å². The maximum atomic E-state index is 13.4. The Morgan fingerprint density at radius 1 is 1.08 bits per heavy atom. The number of nitrogens with one attached hydrogen (secondary N) is 1. The number of hydrogen-bond acceptors (Lipinski definition) is 11. The lowest BCUT2D eigenvalue weighted by molar-refractivity contribution is -0.0597. The van der Waals surface area contributed by atoms with Crippen molar-refractivity contribution in [2.45, 2.75) is 35.7 Å². The van der Waals surface area contributed by atoms with Crippen molar-refractivity contribution in [3.05, 3.63) is 77.9 Å². The number of ketones is 1. The molecule has 1 aromatic carbocycles. The van der Waals surface area contributed by atoms with Crippen LogP contribution in [0.1, 0.15) is 28.0 Å². The van der Waals surface area contributed by atoms with Crippen LogP contribution in [0.4, 0.5) is 5.69 Å². The zero-order valence-corrected chi connectivity index (χ0v) is 22.8. The van der Waals surface area contributed by atoms with Gasteiger partial charge in [-0.05, 0) is 24.1 Å². The summed E-state index contributed by atoms with van der Waals surface area (Å²) in [5, 5.41) is 17.5. The van der Waals surface area contributed by atoms with Crippen molar-refractivity contribution in [3.63, 3.8) is 0 Å². The van der Waals surface area contributed by atoms with Crippen LogP contribution >= 0.6 is 0 Å². The Hall–Kier alpha value is -3.17. The van der Waals surface area contributed by atoms with E-state index in [4.69, 9.17) is 9.47 Å². The molecule has 4 atom stereocenters. The van der Waals surface area contributed by atoms with Crippen molar-refractivity contribution >= 4 is 31.1 Å². The number of ether oxygens (including phenoxy) is 2. The summed E-state index contributed by atoms with van der Waals surface area (Å²) < 4.78 is 60.2. The monoisotopic (exact) mass is 576 g/mol. The van der Waals surface area contributed by atoms with Crippen molar-refractivity contribution < 1.29 is 36.2 Å². The van der Waals surface area contributed by atoms with Crippen molar-refractivity contribution in [3.8, 4) is 0 Å². The molecule has 0 bridgehead atoms. The number of rotatable bonds is 9. The van der Waals surface area contributed by atoms with Gasteiger partial charge in [-0.15, -0.1) is 0 Å². The zero-order chi connectivity index (χ0) is 28.0. The Kier molecular flexibility index (Phi) is 7.09. The molecule has 2 fully saturated rings. The van der Waals surface area contributed by atoms with Crippen LogP contribution < -0.4 is 5.32 Å². The molecule has 5 rings (SSSR count). The van der Waals surface area contributed by atoms with Crippen LogP contribution in [0.5, 0.6) is 0 Å². The quantitative estimate of drug-likeness (QED) is 0.346. The molecule has 14 heteroatoms. The molecule has 0 amide bonds. The van der Waals surface area contributed by atoms with E-state index in [1.165, 1.54) is 12.4 Å². The second kappa shape index (κ2) is 10.1. The van der Waals surface area contributed by atoms with Crippen LogP contribution in [0.25, 0.3) is 0 Å². The van der Waals surface area contributed by atoms with Gasteiger partial charge in [0.1, 0.15) is 11.8 Å². The van der Waals surface area contributed by atoms with E-state index in [2.05, 4.69) is 15.4 Å². The molecular weight excluding hydrogens is 548 g/mol. The lowest BCUT2D eigenvalue weighted by Gasteiger charge is -2.27. The first-order valence-electron chi connectivity index (χ1n) is 12.1. The van der Waals surface area contributed by atoms with Gasteiger partial charge in [0, 0.05) is 49.3 Å². The van der Waals surface area contributed by atoms with Crippen molar-refractivity contribution in [2.24, 2.45) is 5.92 Å². The number of aliphatic hydroxyl groups excluding tert-OH is 1. The second-order valence-corrected chi connectivity index (χ2v) is 14.2. The molecule has 3 heterocycles. The van der Waals surface area contributed by atoms with Gasteiger partial charge < -0.3 is 19.9 Å². The van der Waals surface area contributed by atoms with E-state index in [1.54, 1.807) is 23.0 Å². The molecule has 0 spiro atoms. The van der Waals surface area contributed by atoms with E-state index < -0.39 is 54.1 Å². The summed E-state index contributed by atoms with van der Waals surface area (Å²) >= 11 is 0. The summed E-state index contributed by atoms with van der Waals surface area (Å²) in [7, 11) is -8.77. The summed E-state index contributed by atoms with van der Waals surface area (Å²) in [5.74, 6) is -0.997. The molecule has 208 valence electrons. The first-order valence-corrected chi connectivity index (χ1v) is 15.9. The Morgan fingerprint density at radius 2 is 1.77 bits per heavy atom. The van der Waals surface area contributed by atoms with E-state index in [-0.39, 0.29) is 24.3 Å². The highest BCUT2D eigenvalue weighted by atomic mass is 32.3. The number of aromatic nitrogens is 3. The third-order valence-electron chi connectivity index (χ3n) is 6.91. The Morgan fingerprint density at radius 3 is 2.44 bits per heavy atom. The van der Waals surface area contributed by atoms with Gasteiger partial charge in [0.25, 0.3) is 0 Å². The number of pyridine rings is 1. The van der Waals surface area contributed by atoms with Gasteiger partial charge >= 0.3 is 4.45 Å². The standard InChI is InChI=1S/C25H28N4O8S2/c1-38(32,33)25(39(2,34)35)36-23-17(15-30)12-21(24(23)37-25)27-19-8-10-26-13-18(19)22(31)20-9-11-29(28-20)14-16-6-4-3-5-7-16/h3-11,13,17,21,23-24,30H,12,14-15H2,1-2H3,(H,26,27)/t17-,21-,23-,24+/m1/s1. The molecule has 3 aromatic rings. The minimum atomic E-state index is -4.39. The number of carbonyl (C=O) groups is 1. The lowest BCUT2D eigenvalue weighted by atomic mass is 10.1. The third kappa shape index (κ3) is 4.98. The second-order valence-electron chi connectivity index (χ2n) is 9.77. The number of benzene rings is 1. The van der Waals surface area contributed by atoms with Crippen molar-refractivity contribution in [2.75, 3.05) is 24.4 Å². The molecule has 1 saturated carbocycles. The minimum absolute atomic E-state index is 0.202. The highest BCUT2D eigenvalue weighted by molar-refractivity contribution is 8.09. The van der Waals surface area contributed by atoms with Crippen LogP contribution in [0.3, 0.4) is 0 Å². The van der Waals surface area contributed by atoms with Gasteiger partial charge in [0.15, 0.2) is 0 Å². The summed E-state index contributed by atoms with van der Waals surface area (Å²) in [4.78, 5) is 17.5. The lowest BCUT2D eigenvalue weighted by Crippen LogP contribution is -2.48. The molecule has 12 nitrogen and oxygen atoms in total. The number of aliphatic hydroxyl groups is 1. The number of sulfone groups is 2. The first kappa shape index (κ1) is 27.4. The number of hydrogen-bond donors (Lipinski definition) is 2. The highest BCUT2D eigenvalue weighted by Gasteiger charge is 2.67. The molecule has 0 unspecified atom stereocenters. The van der Waals surface area contributed by atoms with E-state index in [9.17, 15) is 26.7 Å². The predicted octanol–water partition coefficient (Wildman–Crippen LogP) is 0.835. The molecule has 1 aliphatic heterocycles. The molecule has 2 aromatic heterocycles. The fourth-order valence-electron chi connectivity index (χ4n) is 5.09. The molecule has 2 N–H and O–H groups in total. The Bertz CT molecular complexity index is 1560.